The average Bonchev–Trinajstić information content (AvgIpc) is 2.79. The van der Waals surface area contributed by atoms with E-state index in [9.17, 15) is 9.59 Å². The average molecular weight is 286 g/mol. The number of hydrogen-bond donors (Lipinski definition) is 0. The van der Waals surface area contributed by atoms with Crippen LogP contribution in [0.5, 0.6) is 0 Å². The number of carbonyl (C=O) groups excluding carboxylic acids is 2. The van der Waals surface area contributed by atoms with Gasteiger partial charge in [0.05, 0.1) is 0 Å². The molecule has 4 heteroatoms. The third-order valence-electron chi connectivity index (χ3n) is 4.72. The molecule has 0 N–H and O–H groups in total. The van der Waals surface area contributed by atoms with Crippen LogP contribution in [0.3, 0.4) is 0 Å². The van der Waals surface area contributed by atoms with Crippen LogP contribution < -0.4 is 0 Å². The number of nitrogens with zero attached hydrogens (tertiary/aromatic N) is 2. The quantitative estimate of drug-likeness (QED) is 0.793. The fraction of sp³-hybridized carbons (Fsp3) is 0.529. The summed E-state index contributed by atoms with van der Waals surface area (Å²) in [4.78, 5) is 28.3. The summed E-state index contributed by atoms with van der Waals surface area (Å²) in [6, 6.07) is 7.93. The Hall–Kier alpha value is -1.84. The predicted octanol–water partition coefficient (Wildman–Crippen LogP) is 2.08. The molecule has 1 aromatic rings. The molecular formula is C17H22N2O2. The Morgan fingerprint density at radius 2 is 1.76 bits per heavy atom. The molecule has 2 atom stereocenters. The Morgan fingerprint density at radius 3 is 2.43 bits per heavy atom. The van der Waals surface area contributed by atoms with Gasteiger partial charge in [0.15, 0.2) is 0 Å². The number of fused-ring (bicyclic) bond motifs is 4. The van der Waals surface area contributed by atoms with E-state index in [1.54, 1.807) is 6.92 Å². The van der Waals surface area contributed by atoms with Gasteiger partial charge in [-0.05, 0) is 37.8 Å². The van der Waals surface area contributed by atoms with Crippen LogP contribution in [0.4, 0.5) is 0 Å². The molecule has 3 heterocycles. The Bertz CT molecular complexity index is 552. The van der Waals surface area contributed by atoms with Crippen LogP contribution in [0.15, 0.2) is 24.3 Å². The van der Waals surface area contributed by atoms with Crippen LogP contribution in [-0.4, -0.2) is 47.3 Å². The molecule has 3 aliphatic rings. The highest BCUT2D eigenvalue weighted by Crippen LogP contribution is 2.29. The van der Waals surface area contributed by atoms with E-state index in [0.29, 0.717) is 12.5 Å². The number of benzene rings is 1. The van der Waals surface area contributed by atoms with E-state index >= 15 is 0 Å². The Labute approximate surface area is 125 Å². The number of aryl methyl sites for hydroxylation is 1. The second kappa shape index (κ2) is 5.51. The lowest BCUT2D eigenvalue weighted by atomic mass is 9.94. The molecule has 4 rings (SSSR count). The zero-order valence-electron chi connectivity index (χ0n) is 12.7. The highest BCUT2D eigenvalue weighted by Gasteiger charge is 2.38. The minimum absolute atomic E-state index is 0.107. The second-order valence-corrected chi connectivity index (χ2v) is 6.34. The molecule has 0 radical (unpaired) electrons. The number of hydrogen-bond acceptors (Lipinski definition) is 2. The van der Waals surface area contributed by atoms with E-state index in [4.69, 9.17) is 0 Å². The lowest BCUT2D eigenvalue weighted by molar-refractivity contribution is -0.129. The van der Waals surface area contributed by atoms with E-state index in [0.717, 1.165) is 37.1 Å². The van der Waals surface area contributed by atoms with Gasteiger partial charge in [0.1, 0.15) is 0 Å². The van der Waals surface area contributed by atoms with Crippen LogP contribution in [0, 0.1) is 12.8 Å². The van der Waals surface area contributed by atoms with Crippen LogP contribution in [0.2, 0.25) is 0 Å². The van der Waals surface area contributed by atoms with Crippen molar-refractivity contribution in [3.05, 3.63) is 35.4 Å². The van der Waals surface area contributed by atoms with Gasteiger partial charge in [-0.2, -0.15) is 0 Å². The lowest BCUT2D eigenvalue weighted by Crippen LogP contribution is -2.47. The van der Waals surface area contributed by atoms with Crippen molar-refractivity contribution in [2.45, 2.75) is 32.7 Å². The Morgan fingerprint density at radius 1 is 1.05 bits per heavy atom. The van der Waals surface area contributed by atoms with Crippen molar-refractivity contribution in [1.82, 2.24) is 9.80 Å². The fourth-order valence-electron chi connectivity index (χ4n) is 3.45. The summed E-state index contributed by atoms with van der Waals surface area (Å²) in [6.07, 6.45) is 2.12. The van der Waals surface area contributed by atoms with Crippen LogP contribution in [0.25, 0.3) is 0 Å². The molecule has 2 amide bonds. The number of carbonyl (C=O) groups is 2. The largest absolute Gasteiger partial charge is 0.341 e. The number of amides is 2. The van der Waals surface area contributed by atoms with Crippen molar-refractivity contribution in [3.63, 3.8) is 0 Å². The van der Waals surface area contributed by atoms with Crippen LogP contribution >= 0.6 is 0 Å². The third-order valence-corrected chi connectivity index (χ3v) is 4.72. The van der Waals surface area contributed by atoms with Gasteiger partial charge >= 0.3 is 0 Å². The van der Waals surface area contributed by atoms with Gasteiger partial charge < -0.3 is 9.80 Å². The van der Waals surface area contributed by atoms with Gasteiger partial charge in [0.25, 0.3) is 5.91 Å². The number of rotatable bonds is 1. The molecule has 0 saturated carbocycles. The predicted molar refractivity (Wildman–Crippen MR) is 81.0 cm³/mol. The van der Waals surface area contributed by atoms with Crippen molar-refractivity contribution in [1.29, 1.82) is 0 Å². The zero-order chi connectivity index (χ0) is 15.0. The van der Waals surface area contributed by atoms with Crippen molar-refractivity contribution in [2.24, 2.45) is 5.92 Å². The first-order chi connectivity index (χ1) is 10.0. The first-order valence-corrected chi connectivity index (χ1v) is 7.67. The van der Waals surface area contributed by atoms with Crippen LogP contribution in [-0.2, 0) is 4.79 Å². The van der Waals surface area contributed by atoms with Gasteiger partial charge in [-0.3, -0.25) is 9.59 Å². The maximum atomic E-state index is 12.8. The smallest absolute Gasteiger partial charge is 0.254 e. The Kier molecular flexibility index (Phi) is 3.70. The summed E-state index contributed by atoms with van der Waals surface area (Å²) >= 11 is 0. The van der Waals surface area contributed by atoms with E-state index in [1.165, 1.54) is 0 Å². The molecule has 0 aliphatic carbocycles. The summed E-state index contributed by atoms with van der Waals surface area (Å²) in [6.45, 7) is 5.90. The van der Waals surface area contributed by atoms with Crippen molar-refractivity contribution in [2.75, 3.05) is 19.6 Å². The lowest BCUT2D eigenvalue weighted by Gasteiger charge is -2.36. The van der Waals surface area contributed by atoms with Gasteiger partial charge in [0.2, 0.25) is 5.91 Å². The molecule has 3 aliphatic heterocycles. The van der Waals surface area contributed by atoms with E-state index in [1.807, 2.05) is 41.0 Å². The van der Waals surface area contributed by atoms with Gasteiger partial charge in [-0.25, -0.2) is 0 Å². The van der Waals surface area contributed by atoms with Crippen molar-refractivity contribution >= 4 is 11.8 Å². The third kappa shape index (κ3) is 2.80. The minimum atomic E-state index is 0.107. The molecule has 1 aromatic carbocycles. The molecule has 0 aromatic heterocycles. The first-order valence-electron chi connectivity index (χ1n) is 7.67. The molecular weight excluding hydrogens is 264 g/mol. The highest BCUT2D eigenvalue weighted by molar-refractivity contribution is 5.94. The summed E-state index contributed by atoms with van der Waals surface area (Å²) in [5.74, 6) is 0.647. The fourth-order valence-corrected chi connectivity index (χ4v) is 3.45. The molecule has 2 bridgehead atoms. The molecule has 21 heavy (non-hydrogen) atoms. The molecule has 3 saturated heterocycles. The maximum absolute atomic E-state index is 12.8. The first kappa shape index (κ1) is 14.1. The number of piperidine rings is 1. The molecule has 112 valence electrons. The summed E-state index contributed by atoms with van der Waals surface area (Å²) in [7, 11) is 0. The minimum Gasteiger partial charge on any atom is -0.341 e. The molecule has 0 unspecified atom stereocenters. The van der Waals surface area contributed by atoms with Gasteiger partial charge in [-0.15, -0.1) is 0 Å². The van der Waals surface area contributed by atoms with Gasteiger partial charge in [0, 0.05) is 38.2 Å². The normalized spacial score (nSPS) is 24.9. The standard InChI is InChI=1S/C17H22N2O2/c1-12-3-6-15(7-4-12)17(21)19-10-14-5-8-16(19)11-18(9-14)13(2)20/h3-4,6-7,14,16H,5,8-11H2,1-2H3/t14-,16+/m0/s1. The summed E-state index contributed by atoms with van der Waals surface area (Å²) < 4.78 is 0. The molecule has 0 spiro atoms. The maximum Gasteiger partial charge on any atom is 0.254 e. The summed E-state index contributed by atoms with van der Waals surface area (Å²) in [5, 5.41) is 0. The molecule has 4 nitrogen and oxygen atoms in total. The van der Waals surface area contributed by atoms with Crippen molar-refractivity contribution in [3.8, 4) is 0 Å². The van der Waals surface area contributed by atoms with Crippen molar-refractivity contribution < 1.29 is 9.59 Å². The monoisotopic (exact) mass is 286 g/mol. The van der Waals surface area contributed by atoms with Gasteiger partial charge in [-0.1, -0.05) is 17.7 Å². The SMILES string of the molecule is CC(=O)N1C[C@@H]2CC[C@H](C1)N(C(=O)c1ccc(C)cc1)C2. The van der Waals surface area contributed by atoms with E-state index < -0.39 is 0 Å². The zero-order valence-corrected chi connectivity index (χ0v) is 12.7. The van der Waals surface area contributed by atoms with Crippen LogP contribution in [0.1, 0.15) is 35.7 Å². The highest BCUT2D eigenvalue weighted by atomic mass is 16.2. The summed E-state index contributed by atoms with van der Waals surface area (Å²) in [5.41, 5.74) is 1.91. The Balaban J connectivity index is 1.81. The topological polar surface area (TPSA) is 40.6 Å². The molecule has 3 fully saturated rings. The van der Waals surface area contributed by atoms with E-state index in [2.05, 4.69) is 0 Å². The van der Waals surface area contributed by atoms with E-state index in [-0.39, 0.29) is 17.9 Å². The second-order valence-electron chi connectivity index (χ2n) is 6.34.